The van der Waals surface area contributed by atoms with Crippen LogP contribution in [0.1, 0.15) is 90.0 Å². The maximum Gasteiger partial charge on any atom is 0.200 e. The molecule has 1 nitrogen and oxygen atoms in total. The number of hydrogen-bond acceptors (Lipinski definition) is 1. The van der Waals surface area contributed by atoms with Crippen LogP contribution in [0.5, 0.6) is 5.75 Å². The van der Waals surface area contributed by atoms with Crippen molar-refractivity contribution in [3.63, 3.8) is 0 Å². The fourth-order valence-electron chi connectivity index (χ4n) is 5.72. The van der Waals surface area contributed by atoms with Crippen molar-refractivity contribution in [3.8, 4) is 5.75 Å². The minimum atomic E-state index is -0.861. The van der Waals surface area contributed by atoms with Crippen molar-refractivity contribution in [1.29, 1.82) is 0 Å². The second-order valence-electron chi connectivity index (χ2n) is 9.49. The van der Waals surface area contributed by atoms with E-state index in [4.69, 9.17) is 4.74 Å². The molecule has 2 aliphatic carbocycles. The zero-order chi connectivity index (χ0) is 21.3. The molecule has 2 fully saturated rings. The standard InChI is InChI=1S/C27H40F2O/c1-3-7-20-10-14-22(15-11-20)23-16-12-21(13-17-23)8-5-6-9-24-18-19-25(30-4-2)27(29)26(24)28/h5,8,18-23H,3-4,6-7,9-17H2,1-2H3/b8-5+. The van der Waals surface area contributed by atoms with Gasteiger partial charge >= 0.3 is 0 Å². The van der Waals surface area contributed by atoms with Crippen molar-refractivity contribution in [2.75, 3.05) is 6.61 Å². The lowest BCUT2D eigenvalue weighted by Crippen LogP contribution is -2.25. The molecule has 0 aliphatic heterocycles. The summed E-state index contributed by atoms with van der Waals surface area (Å²) in [7, 11) is 0. The van der Waals surface area contributed by atoms with E-state index >= 15 is 0 Å². The van der Waals surface area contributed by atoms with E-state index in [9.17, 15) is 8.78 Å². The van der Waals surface area contributed by atoms with Crippen LogP contribution in [0.2, 0.25) is 0 Å². The van der Waals surface area contributed by atoms with Gasteiger partial charge in [0, 0.05) is 0 Å². The lowest BCUT2D eigenvalue weighted by Gasteiger charge is -2.37. The largest absolute Gasteiger partial charge is 0.491 e. The highest BCUT2D eigenvalue weighted by molar-refractivity contribution is 5.31. The number of ether oxygens (including phenoxy) is 1. The molecular weight excluding hydrogens is 378 g/mol. The third kappa shape index (κ3) is 6.31. The summed E-state index contributed by atoms with van der Waals surface area (Å²) in [6.45, 7) is 4.41. The number of rotatable bonds is 9. The Morgan fingerprint density at radius 2 is 1.57 bits per heavy atom. The first-order valence-corrected chi connectivity index (χ1v) is 12.4. The fourth-order valence-corrected chi connectivity index (χ4v) is 5.72. The Hall–Kier alpha value is -1.38. The van der Waals surface area contributed by atoms with Crippen LogP contribution in [0.3, 0.4) is 0 Å². The molecule has 0 heterocycles. The van der Waals surface area contributed by atoms with Crippen LogP contribution in [0, 0.1) is 35.3 Å². The van der Waals surface area contributed by atoms with Gasteiger partial charge in [0.2, 0.25) is 5.82 Å². The highest BCUT2D eigenvalue weighted by Crippen LogP contribution is 2.42. The van der Waals surface area contributed by atoms with Crippen LogP contribution in [0.4, 0.5) is 8.78 Å². The number of benzene rings is 1. The number of allylic oxidation sites excluding steroid dienone is 2. The van der Waals surface area contributed by atoms with Gasteiger partial charge in [-0.15, -0.1) is 0 Å². The summed E-state index contributed by atoms with van der Waals surface area (Å²) in [4.78, 5) is 0. The molecule has 0 bridgehead atoms. The van der Waals surface area contributed by atoms with Gasteiger partial charge in [0.25, 0.3) is 0 Å². The maximum absolute atomic E-state index is 14.2. The molecule has 1 aromatic rings. The molecule has 0 spiro atoms. The summed E-state index contributed by atoms with van der Waals surface area (Å²) in [6.07, 6.45) is 19.7. The minimum absolute atomic E-state index is 0.00454. The van der Waals surface area contributed by atoms with E-state index in [0.29, 0.717) is 24.5 Å². The fraction of sp³-hybridized carbons (Fsp3) is 0.704. The van der Waals surface area contributed by atoms with Crippen LogP contribution in [-0.2, 0) is 6.42 Å². The molecular formula is C27H40F2O. The van der Waals surface area contributed by atoms with Crippen LogP contribution < -0.4 is 4.74 Å². The molecule has 0 aromatic heterocycles. The Morgan fingerprint density at radius 3 is 2.20 bits per heavy atom. The van der Waals surface area contributed by atoms with E-state index in [1.165, 1.54) is 70.3 Å². The second-order valence-corrected chi connectivity index (χ2v) is 9.49. The predicted octanol–water partition coefficient (Wildman–Crippen LogP) is 8.27. The van der Waals surface area contributed by atoms with E-state index in [2.05, 4.69) is 19.1 Å². The molecule has 0 radical (unpaired) electrons. The number of aryl methyl sites for hydroxylation is 1. The van der Waals surface area contributed by atoms with Gasteiger partial charge < -0.3 is 4.74 Å². The average Bonchev–Trinajstić information content (AvgIpc) is 2.77. The zero-order valence-corrected chi connectivity index (χ0v) is 19.0. The molecule has 0 N–H and O–H groups in total. The molecule has 0 saturated heterocycles. The Kier molecular flexibility index (Phi) is 9.21. The van der Waals surface area contributed by atoms with Gasteiger partial charge in [-0.1, -0.05) is 50.8 Å². The predicted molar refractivity (Wildman–Crippen MR) is 121 cm³/mol. The van der Waals surface area contributed by atoms with Crippen molar-refractivity contribution in [2.24, 2.45) is 23.7 Å². The summed E-state index contributed by atoms with van der Waals surface area (Å²) in [5, 5.41) is 0. The second kappa shape index (κ2) is 11.9. The van der Waals surface area contributed by atoms with E-state index in [1.54, 1.807) is 13.0 Å². The number of hydrogen-bond donors (Lipinski definition) is 0. The van der Waals surface area contributed by atoms with Crippen LogP contribution >= 0.6 is 0 Å². The van der Waals surface area contributed by atoms with Gasteiger partial charge in [-0.2, -0.15) is 4.39 Å². The summed E-state index contributed by atoms with van der Waals surface area (Å²) < 4.78 is 33.3. The minimum Gasteiger partial charge on any atom is -0.491 e. The molecule has 1 aromatic carbocycles. The zero-order valence-electron chi connectivity index (χ0n) is 19.0. The summed E-state index contributed by atoms with van der Waals surface area (Å²) in [6, 6.07) is 3.19. The highest BCUT2D eigenvalue weighted by atomic mass is 19.2. The first kappa shape index (κ1) is 23.3. The maximum atomic E-state index is 14.2. The van der Waals surface area contributed by atoms with Crippen molar-refractivity contribution in [2.45, 2.75) is 90.9 Å². The topological polar surface area (TPSA) is 9.23 Å². The quantitative estimate of drug-likeness (QED) is 0.367. The smallest absolute Gasteiger partial charge is 0.200 e. The lowest BCUT2D eigenvalue weighted by molar-refractivity contribution is 0.152. The van der Waals surface area contributed by atoms with Crippen molar-refractivity contribution >= 4 is 0 Å². The van der Waals surface area contributed by atoms with Crippen molar-refractivity contribution in [1.82, 2.24) is 0 Å². The monoisotopic (exact) mass is 418 g/mol. The lowest BCUT2D eigenvalue weighted by atomic mass is 9.68. The molecule has 2 saturated carbocycles. The molecule has 30 heavy (non-hydrogen) atoms. The summed E-state index contributed by atoms with van der Waals surface area (Å²) in [5.41, 5.74) is 0.433. The Balaban J connectivity index is 1.38. The van der Waals surface area contributed by atoms with Gasteiger partial charge in [-0.3, -0.25) is 0 Å². The molecule has 2 aliphatic rings. The van der Waals surface area contributed by atoms with Gasteiger partial charge in [0.1, 0.15) is 0 Å². The van der Waals surface area contributed by atoms with Crippen LogP contribution in [-0.4, -0.2) is 6.61 Å². The molecule has 0 atom stereocenters. The highest BCUT2D eigenvalue weighted by Gasteiger charge is 2.30. The van der Waals surface area contributed by atoms with Gasteiger partial charge in [-0.05, 0) is 93.6 Å². The third-order valence-electron chi connectivity index (χ3n) is 7.49. The van der Waals surface area contributed by atoms with Crippen molar-refractivity contribution in [3.05, 3.63) is 41.5 Å². The van der Waals surface area contributed by atoms with E-state index in [-0.39, 0.29) is 5.75 Å². The molecule has 168 valence electrons. The SMILES string of the molecule is CCCC1CCC(C2CCC(/C=C/CCc3ccc(OCC)c(F)c3F)CC2)CC1. The van der Waals surface area contributed by atoms with Gasteiger partial charge in [0.15, 0.2) is 11.6 Å². The first-order chi connectivity index (χ1) is 14.6. The van der Waals surface area contributed by atoms with Crippen LogP contribution in [0.15, 0.2) is 24.3 Å². The Morgan fingerprint density at radius 1 is 0.900 bits per heavy atom. The van der Waals surface area contributed by atoms with E-state index < -0.39 is 11.6 Å². The van der Waals surface area contributed by atoms with Gasteiger partial charge in [-0.25, -0.2) is 4.39 Å². The normalized spacial score (nSPS) is 27.5. The summed E-state index contributed by atoms with van der Waals surface area (Å²) >= 11 is 0. The Bertz CT molecular complexity index is 668. The number of halogens is 2. The van der Waals surface area contributed by atoms with E-state index in [0.717, 1.165) is 24.2 Å². The first-order valence-electron chi connectivity index (χ1n) is 12.4. The summed E-state index contributed by atoms with van der Waals surface area (Å²) in [5.74, 6) is 1.96. The average molecular weight is 419 g/mol. The van der Waals surface area contributed by atoms with E-state index in [1.807, 2.05) is 0 Å². The van der Waals surface area contributed by atoms with Crippen molar-refractivity contribution < 1.29 is 13.5 Å². The van der Waals surface area contributed by atoms with Crippen LogP contribution in [0.25, 0.3) is 0 Å². The third-order valence-corrected chi connectivity index (χ3v) is 7.49. The molecule has 0 amide bonds. The Labute approximate surface area is 182 Å². The molecule has 3 rings (SSSR count). The molecule has 3 heteroatoms. The van der Waals surface area contributed by atoms with Gasteiger partial charge in [0.05, 0.1) is 6.61 Å². The molecule has 0 unspecified atom stereocenters.